The molecule has 8 heteroatoms. The van der Waals surface area contributed by atoms with E-state index in [9.17, 15) is 4.79 Å². The Morgan fingerprint density at radius 1 is 1.26 bits per heavy atom. The molecule has 0 unspecified atom stereocenters. The van der Waals surface area contributed by atoms with Crippen molar-refractivity contribution in [3.8, 4) is 0 Å². The van der Waals surface area contributed by atoms with Gasteiger partial charge in [0, 0.05) is 38.8 Å². The van der Waals surface area contributed by atoms with Crippen LogP contribution in [-0.2, 0) is 7.05 Å². The molecule has 1 saturated heterocycles. The van der Waals surface area contributed by atoms with Crippen LogP contribution in [0, 0.1) is 6.92 Å². The summed E-state index contributed by atoms with van der Waals surface area (Å²) in [6.07, 6.45) is 4.20. The average molecular weight is 315 g/mol. The van der Waals surface area contributed by atoms with Crippen LogP contribution in [0.4, 0.5) is 5.95 Å². The van der Waals surface area contributed by atoms with Gasteiger partial charge in [0.25, 0.3) is 5.91 Å². The number of hydrogen-bond acceptors (Lipinski definition) is 5. The first kappa shape index (κ1) is 14.2. The summed E-state index contributed by atoms with van der Waals surface area (Å²) in [5.41, 5.74) is 1.87. The third kappa shape index (κ3) is 2.58. The van der Waals surface area contributed by atoms with Crippen molar-refractivity contribution >= 4 is 11.9 Å². The minimum Gasteiger partial charge on any atom is -0.336 e. The normalized spacial score (nSPS) is 18.5. The molecule has 2 fully saturated rings. The van der Waals surface area contributed by atoms with Gasteiger partial charge in [-0.25, -0.2) is 0 Å². The molecular weight excluding hydrogens is 294 g/mol. The number of aromatic amines is 1. The lowest BCUT2D eigenvalue weighted by Crippen LogP contribution is -2.49. The molecule has 1 aliphatic carbocycles. The van der Waals surface area contributed by atoms with Gasteiger partial charge in [0.2, 0.25) is 5.95 Å². The van der Waals surface area contributed by atoms with Gasteiger partial charge in [0.15, 0.2) is 0 Å². The van der Waals surface area contributed by atoms with Gasteiger partial charge in [-0.05, 0) is 25.7 Å². The molecule has 1 amide bonds. The molecular formula is C15H21N7O. The third-order valence-electron chi connectivity index (χ3n) is 4.62. The molecule has 2 aromatic rings. The van der Waals surface area contributed by atoms with Crippen molar-refractivity contribution in [3.63, 3.8) is 0 Å². The Kier molecular flexibility index (Phi) is 3.32. The molecule has 0 bridgehead atoms. The fourth-order valence-electron chi connectivity index (χ4n) is 3.14. The van der Waals surface area contributed by atoms with E-state index in [-0.39, 0.29) is 5.91 Å². The Bertz CT molecular complexity index is 722. The number of carbonyl (C=O) groups excluding carboxylic acids is 1. The van der Waals surface area contributed by atoms with Crippen LogP contribution in [0.25, 0.3) is 0 Å². The van der Waals surface area contributed by atoms with E-state index in [2.05, 4.69) is 25.2 Å². The second-order valence-electron chi connectivity index (χ2n) is 6.35. The van der Waals surface area contributed by atoms with E-state index in [4.69, 9.17) is 0 Å². The number of anilines is 1. The van der Waals surface area contributed by atoms with Crippen molar-refractivity contribution < 1.29 is 4.79 Å². The number of aromatic nitrogens is 5. The summed E-state index contributed by atoms with van der Waals surface area (Å²) in [7, 11) is 1.85. The molecule has 23 heavy (non-hydrogen) atoms. The molecule has 4 rings (SSSR count). The lowest BCUT2D eigenvalue weighted by Gasteiger charge is -2.34. The number of piperazine rings is 1. The van der Waals surface area contributed by atoms with Crippen LogP contribution in [-0.4, -0.2) is 61.9 Å². The maximum atomic E-state index is 12.9. The van der Waals surface area contributed by atoms with Crippen LogP contribution in [0.5, 0.6) is 0 Å². The van der Waals surface area contributed by atoms with E-state index >= 15 is 0 Å². The highest BCUT2D eigenvalue weighted by molar-refractivity contribution is 5.94. The maximum Gasteiger partial charge on any atom is 0.272 e. The number of H-pyrrole nitrogens is 1. The summed E-state index contributed by atoms with van der Waals surface area (Å²) in [5.74, 6) is 2.15. The number of rotatable bonds is 3. The smallest absolute Gasteiger partial charge is 0.272 e. The van der Waals surface area contributed by atoms with Gasteiger partial charge in [-0.15, -0.1) is 5.10 Å². The molecule has 0 radical (unpaired) electrons. The zero-order chi connectivity index (χ0) is 16.0. The zero-order valence-electron chi connectivity index (χ0n) is 13.5. The van der Waals surface area contributed by atoms with Crippen LogP contribution in [0.1, 0.15) is 40.6 Å². The summed E-state index contributed by atoms with van der Waals surface area (Å²) in [5, 5.41) is 11.3. The topological polar surface area (TPSA) is 82.9 Å². The fraction of sp³-hybridized carbons (Fsp3) is 0.600. The van der Waals surface area contributed by atoms with Crippen molar-refractivity contribution in [2.45, 2.75) is 25.7 Å². The highest BCUT2D eigenvalue weighted by Crippen LogP contribution is 2.41. The lowest BCUT2D eigenvalue weighted by molar-refractivity contribution is 0.0734. The highest BCUT2D eigenvalue weighted by atomic mass is 16.2. The predicted molar refractivity (Wildman–Crippen MR) is 84.4 cm³/mol. The molecule has 8 nitrogen and oxygen atoms in total. The van der Waals surface area contributed by atoms with Gasteiger partial charge in [-0.2, -0.15) is 10.1 Å². The lowest BCUT2D eigenvalue weighted by atomic mass is 10.1. The molecule has 3 heterocycles. The first-order valence-electron chi connectivity index (χ1n) is 8.08. The Labute approximate surface area is 134 Å². The van der Waals surface area contributed by atoms with E-state index in [1.165, 1.54) is 12.8 Å². The van der Waals surface area contributed by atoms with Crippen LogP contribution < -0.4 is 4.90 Å². The first-order chi connectivity index (χ1) is 11.1. The molecule has 1 aliphatic heterocycles. The SMILES string of the molecule is Cc1nc(N2CCN(C(=O)c3c(C4CC4)cnn3C)CC2)n[nH]1. The summed E-state index contributed by atoms with van der Waals surface area (Å²) in [4.78, 5) is 21.3. The molecule has 1 saturated carbocycles. The van der Waals surface area contributed by atoms with Gasteiger partial charge in [0.1, 0.15) is 11.5 Å². The van der Waals surface area contributed by atoms with Gasteiger partial charge in [-0.1, -0.05) is 0 Å². The van der Waals surface area contributed by atoms with Gasteiger partial charge in [-0.3, -0.25) is 14.6 Å². The van der Waals surface area contributed by atoms with E-state index in [1.54, 1.807) is 4.68 Å². The van der Waals surface area contributed by atoms with Crippen molar-refractivity contribution in [1.82, 2.24) is 29.9 Å². The van der Waals surface area contributed by atoms with Crippen LogP contribution in [0.15, 0.2) is 6.20 Å². The second kappa shape index (κ2) is 5.36. The van der Waals surface area contributed by atoms with Crippen molar-refractivity contribution in [2.75, 3.05) is 31.1 Å². The molecule has 0 spiro atoms. The van der Waals surface area contributed by atoms with E-state index in [0.717, 1.165) is 30.2 Å². The Hall–Kier alpha value is -2.38. The number of hydrogen-bond donors (Lipinski definition) is 1. The number of aryl methyl sites for hydroxylation is 2. The first-order valence-corrected chi connectivity index (χ1v) is 8.08. The van der Waals surface area contributed by atoms with Crippen molar-refractivity contribution in [3.05, 3.63) is 23.3 Å². The predicted octanol–water partition coefficient (Wildman–Crippen LogP) is 0.686. The molecule has 2 aliphatic rings. The molecule has 0 aromatic carbocycles. The quantitative estimate of drug-likeness (QED) is 0.901. The monoisotopic (exact) mass is 315 g/mol. The summed E-state index contributed by atoms with van der Waals surface area (Å²) >= 11 is 0. The highest BCUT2D eigenvalue weighted by Gasteiger charge is 2.33. The Morgan fingerprint density at radius 2 is 2.00 bits per heavy atom. The van der Waals surface area contributed by atoms with Gasteiger partial charge in [0.05, 0.1) is 6.20 Å². The molecule has 2 aromatic heterocycles. The second-order valence-corrected chi connectivity index (χ2v) is 6.35. The minimum atomic E-state index is 0.0951. The molecule has 122 valence electrons. The summed E-state index contributed by atoms with van der Waals surface area (Å²) < 4.78 is 1.72. The average Bonchev–Trinajstić information content (AvgIpc) is 3.20. The Balaban J connectivity index is 1.46. The Morgan fingerprint density at radius 3 is 2.61 bits per heavy atom. The van der Waals surface area contributed by atoms with E-state index < -0.39 is 0 Å². The number of amides is 1. The minimum absolute atomic E-state index is 0.0951. The summed E-state index contributed by atoms with van der Waals surface area (Å²) in [6.45, 7) is 4.75. The standard InChI is InChI=1S/C15H21N7O/c1-10-17-15(19-18-10)22-7-5-21(6-8-22)14(23)13-12(11-3-4-11)9-16-20(13)2/h9,11H,3-8H2,1-2H3,(H,17,18,19). The van der Waals surface area contributed by atoms with Gasteiger partial charge >= 0.3 is 0 Å². The van der Waals surface area contributed by atoms with Crippen molar-refractivity contribution in [1.29, 1.82) is 0 Å². The number of nitrogens with zero attached hydrogens (tertiary/aromatic N) is 6. The van der Waals surface area contributed by atoms with Crippen LogP contribution >= 0.6 is 0 Å². The van der Waals surface area contributed by atoms with Crippen LogP contribution in [0.3, 0.4) is 0 Å². The van der Waals surface area contributed by atoms with Gasteiger partial charge < -0.3 is 9.80 Å². The third-order valence-corrected chi connectivity index (χ3v) is 4.62. The van der Waals surface area contributed by atoms with Crippen molar-refractivity contribution in [2.24, 2.45) is 7.05 Å². The van der Waals surface area contributed by atoms with E-state index in [0.29, 0.717) is 25.0 Å². The molecule has 1 N–H and O–H groups in total. The largest absolute Gasteiger partial charge is 0.336 e. The number of carbonyl (C=O) groups is 1. The van der Waals surface area contributed by atoms with Crippen LogP contribution in [0.2, 0.25) is 0 Å². The maximum absolute atomic E-state index is 12.9. The number of nitrogens with one attached hydrogen (secondary N) is 1. The summed E-state index contributed by atoms with van der Waals surface area (Å²) in [6, 6.07) is 0. The van der Waals surface area contributed by atoms with E-state index in [1.807, 2.05) is 25.1 Å². The zero-order valence-corrected chi connectivity index (χ0v) is 13.5. The fourth-order valence-corrected chi connectivity index (χ4v) is 3.14. The molecule has 0 atom stereocenters.